The van der Waals surface area contributed by atoms with Gasteiger partial charge in [-0.05, 0) is 24.6 Å². The Morgan fingerprint density at radius 1 is 1.56 bits per heavy atom. The predicted octanol–water partition coefficient (Wildman–Crippen LogP) is 1.52. The van der Waals surface area contributed by atoms with Crippen LogP contribution in [0.4, 0.5) is 0 Å². The lowest BCUT2D eigenvalue weighted by atomic mass is 10.1. The second-order valence-electron chi connectivity index (χ2n) is 3.75. The van der Waals surface area contributed by atoms with E-state index in [0.29, 0.717) is 29.5 Å². The maximum Gasteiger partial charge on any atom is 0.248 e. The van der Waals surface area contributed by atoms with Crippen LogP contribution in [-0.4, -0.2) is 25.2 Å². The lowest BCUT2D eigenvalue weighted by Crippen LogP contribution is -2.38. The first kappa shape index (κ1) is 11.2. The summed E-state index contributed by atoms with van der Waals surface area (Å²) < 4.78 is 10.6. The molecule has 1 aromatic carbocycles. The van der Waals surface area contributed by atoms with Crippen LogP contribution in [0.1, 0.15) is 15.9 Å². The molecular formula is C11H12ClNO3. The van der Waals surface area contributed by atoms with E-state index in [1.165, 1.54) is 0 Å². The number of rotatable bonds is 3. The summed E-state index contributed by atoms with van der Waals surface area (Å²) in [5, 5.41) is 0.511. The van der Waals surface area contributed by atoms with Crippen LogP contribution in [0, 0.1) is 6.92 Å². The molecule has 2 N–H and O–H groups in total. The monoisotopic (exact) mass is 241 g/mol. The van der Waals surface area contributed by atoms with Crippen molar-refractivity contribution < 1.29 is 14.3 Å². The lowest BCUT2D eigenvalue weighted by Gasteiger charge is -2.27. The minimum atomic E-state index is -0.491. The lowest BCUT2D eigenvalue weighted by molar-refractivity contribution is -0.0796. The summed E-state index contributed by atoms with van der Waals surface area (Å²) in [5.41, 5.74) is 6.39. The van der Waals surface area contributed by atoms with Gasteiger partial charge < -0.3 is 15.2 Å². The van der Waals surface area contributed by atoms with E-state index >= 15 is 0 Å². The molecule has 2 rings (SSSR count). The van der Waals surface area contributed by atoms with E-state index in [2.05, 4.69) is 0 Å². The second-order valence-corrected chi connectivity index (χ2v) is 4.12. The fourth-order valence-corrected chi connectivity index (χ4v) is 1.58. The summed E-state index contributed by atoms with van der Waals surface area (Å²) in [6.07, 6.45) is 0.0139. The summed E-state index contributed by atoms with van der Waals surface area (Å²) in [6, 6.07) is 3.21. The fraction of sp³-hybridized carbons (Fsp3) is 0.364. The largest absolute Gasteiger partial charge is 0.484 e. The van der Waals surface area contributed by atoms with E-state index in [0.717, 1.165) is 5.56 Å². The maximum absolute atomic E-state index is 11.1. The third-order valence-electron chi connectivity index (χ3n) is 2.41. The summed E-state index contributed by atoms with van der Waals surface area (Å²) in [5.74, 6) is -0.00163. The Bertz CT molecular complexity index is 429. The summed E-state index contributed by atoms with van der Waals surface area (Å²) >= 11 is 6.08. The van der Waals surface area contributed by atoms with Crippen LogP contribution >= 0.6 is 11.6 Å². The Morgan fingerprint density at radius 2 is 2.25 bits per heavy atom. The average Bonchev–Trinajstić information content (AvgIpc) is 2.17. The highest BCUT2D eigenvalue weighted by atomic mass is 35.5. The zero-order valence-electron chi connectivity index (χ0n) is 8.83. The van der Waals surface area contributed by atoms with E-state index < -0.39 is 5.91 Å². The van der Waals surface area contributed by atoms with Gasteiger partial charge in [-0.25, -0.2) is 0 Å². The van der Waals surface area contributed by atoms with Gasteiger partial charge in [-0.1, -0.05) is 11.6 Å². The van der Waals surface area contributed by atoms with Crippen molar-refractivity contribution in [2.75, 3.05) is 13.2 Å². The van der Waals surface area contributed by atoms with Crippen molar-refractivity contribution >= 4 is 17.5 Å². The van der Waals surface area contributed by atoms with Gasteiger partial charge in [-0.2, -0.15) is 0 Å². The SMILES string of the molecule is Cc1cc(C(N)=O)cc(OC2COC2)c1Cl. The van der Waals surface area contributed by atoms with Crippen LogP contribution in [0.15, 0.2) is 12.1 Å². The first-order valence-corrected chi connectivity index (χ1v) is 5.30. The Labute approximate surface area is 98.3 Å². The Balaban J connectivity index is 2.30. The highest BCUT2D eigenvalue weighted by Gasteiger charge is 2.22. The molecule has 0 spiro atoms. The molecular weight excluding hydrogens is 230 g/mol. The number of hydrogen-bond acceptors (Lipinski definition) is 3. The summed E-state index contributed by atoms with van der Waals surface area (Å²) in [7, 11) is 0. The molecule has 0 aromatic heterocycles. The quantitative estimate of drug-likeness (QED) is 0.873. The third kappa shape index (κ3) is 2.13. The standard InChI is InChI=1S/C11H12ClNO3/c1-6-2-7(11(13)14)3-9(10(6)12)16-8-4-15-5-8/h2-3,8H,4-5H2,1H3,(H2,13,14). The van der Waals surface area contributed by atoms with E-state index in [1.54, 1.807) is 19.1 Å². The zero-order chi connectivity index (χ0) is 11.7. The van der Waals surface area contributed by atoms with Crippen molar-refractivity contribution in [1.29, 1.82) is 0 Å². The van der Waals surface area contributed by atoms with Gasteiger partial charge in [0.2, 0.25) is 5.91 Å². The van der Waals surface area contributed by atoms with E-state index in [9.17, 15) is 4.79 Å². The number of benzene rings is 1. The number of carbonyl (C=O) groups excluding carboxylic acids is 1. The van der Waals surface area contributed by atoms with Crippen LogP contribution in [0.25, 0.3) is 0 Å². The summed E-state index contributed by atoms with van der Waals surface area (Å²) in [6.45, 7) is 2.91. The van der Waals surface area contributed by atoms with Crippen molar-refractivity contribution in [3.05, 3.63) is 28.3 Å². The van der Waals surface area contributed by atoms with E-state index in [1.807, 2.05) is 0 Å². The number of hydrogen-bond donors (Lipinski definition) is 1. The molecule has 4 nitrogen and oxygen atoms in total. The number of primary amides is 1. The van der Waals surface area contributed by atoms with E-state index in [4.69, 9.17) is 26.8 Å². The fourth-order valence-electron chi connectivity index (χ4n) is 1.43. The highest BCUT2D eigenvalue weighted by Crippen LogP contribution is 2.31. The molecule has 0 unspecified atom stereocenters. The van der Waals surface area contributed by atoms with Crippen LogP contribution < -0.4 is 10.5 Å². The summed E-state index contributed by atoms with van der Waals surface area (Å²) in [4.78, 5) is 11.1. The Morgan fingerprint density at radius 3 is 2.75 bits per heavy atom. The predicted molar refractivity (Wildman–Crippen MR) is 59.9 cm³/mol. The first-order valence-electron chi connectivity index (χ1n) is 4.92. The molecule has 0 radical (unpaired) electrons. The number of carbonyl (C=O) groups is 1. The maximum atomic E-state index is 11.1. The van der Waals surface area contributed by atoms with Crippen molar-refractivity contribution in [3.8, 4) is 5.75 Å². The van der Waals surface area contributed by atoms with Gasteiger partial charge in [-0.3, -0.25) is 4.79 Å². The van der Waals surface area contributed by atoms with Crippen molar-refractivity contribution in [2.24, 2.45) is 5.73 Å². The van der Waals surface area contributed by atoms with Crippen LogP contribution in [0.5, 0.6) is 5.75 Å². The van der Waals surface area contributed by atoms with Gasteiger partial charge in [-0.15, -0.1) is 0 Å². The molecule has 1 fully saturated rings. The van der Waals surface area contributed by atoms with Gasteiger partial charge in [0.05, 0.1) is 18.2 Å². The molecule has 0 saturated carbocycles. The van der Waals surface area contributed by atoms with Crippen molar-refractivity contribution in [1.82, 2.24) is 0 Å². The number of amides is 1. The number of aryl methyl sites for hydroxylation is 1. The molecule has 16 heavy (non-hydrogen) atoms. The Hall–Kier alpha value is -1.26. The first-order chi connectivity index (χ1) is 7.58. The molecule has 1 aliphatic heterocycles. The van der Waals surface area contributed by atoms with Crippen LogP contribution in [0.3, 0.4) is 0 Å². The molecule has 0 atom stereocenters. The van der Waals surface area contributed by atoms with Gasteiger partial charge in [0.25, 0.3) is 0 Å². The van der Waals surface area contributed by atoms with E-state index in [-0.39, 0.29) is 6.10 Å². The normalized spacial score (nSPS) is 15.6. The molecule has 1 heterocycles. The molecule has 5 heteroatoms. The topological polar surface area (TPSA) is 61.6 Å². The molecule has 86 valence electrons. The van der Waals surface area contributed by atoms with Crippen molar-refractivity contribution in [2.45, 2.75) is 13.0 Å². The molecule has 1 amide bonds. The molecule has 1 aromatic rings. The van der Waals surface area contributed by atoms with Gasteiger partial charge in [0, 0.05) is 5.56 Å². The molecule has 0 bridgehead atoms. The minimum absolute atomic E-state index is 0.0139. The number of halogens is 1. The van der Waals surface area contributed by atoms with Crippen molar-refractivity contribution in [3.63, 3.8) is 0 Å². The second kappa shape index (κ2) is 4.31. The number of nitrogens with two attached hydrogens (primary N) is 1. The van der Waals surface area contributed by atoms with Gasteiger partial charge in [0.15, 0.2) is 0 Å². The average molecular weight is 242 g/mol. The van der Waals surface area contributed by atoms with Crippen LogP contribution in [-0.2, 0) is 4.74 Å². The third-order valence-corrected chi connectivity index (χ3v) is 2.89. The van der Waals surface area contributed by atoms with Gasteiger partial charge in [0.1, 0.15) is 11.9 Å². The van der Waals surface area contributed by atoms with Crippen LogP contribution in [0.2, 0.25) is 5.02 Å². The number of ether oxygens (including phenoxy) is 2. The molecule has 1 saturated heterocycles. The smallest absolute Gasteiger partial charge is 0.248 e. The zero-order valence-corrected chi connectivity index (χ0v) is 9.58. The van der Waals surface area contributed by atoms with Gasteiger partial charge >= 0.3 is 0 Å². The Kier molecular flexibility index (Phi) is 3.03. The minimum Gasteiger partial charge on any atom is -0.484 e. The highest BCUT2D eigenvalue weighted by molar-refractivity contribution is 6.33. The molecule has 1 aliphatic rings. The molecule has 0 aliphatic carbocycles.